The minimum atomic E-state index is -0.347. The fourth-order valence-electron chi connectivity index (χ4n) is 2.00. The van der Waals surface area contributed by atoms with Crippen LogP contribution < -0.4 is 0 Å². The highest BCUT2D eigenvalue weighted by atomic mass is 16.6. The van der Waals surface area contributed by atoms with Crippen LogP contribution in [0.4, 0.5) is 0 Å². The number of carbonyl (C=O) groups excluding carboxylic acids is 1. The smallest absolute Gasteiger partial charge is 0.306 e. The van der Waals surface area contributed by atoms with E-state index < -0.39 is 0 Å². The van der Waals surface area contributed by atoms with Gasteiger partial charge in [0.15, 0.2) is 0 Å². The van der Waals surface area contributed by atoms with Gasteiger partial charge in [-0.15, -0.1) is 0 Å². The molecule has 0 fully saturated rings. The summed E-state index contributed by atoms with van der Waals surface area (Å²) < 4.78 is 5.30. The summed E-state index contributed by atoms with van der Waals surface area (Å²) in [4.78, 5) is 11.5. The highest BCUT2D eigenvalue weighted by Crippen LogP contribution is 2.27. The minimum absolute atomic E-state index is 0.0567. The average molecular weight is 224 g/mol. The molecule has 1 rings (SSSR count). The van der Waals surface area contributed by atoms with Crippen LogP contribution in [0.1, 0.15) is 59.8 Å². The predicted octanol–water partition coefficient (Wildman–Crippen LogP) is 3.85. The molecule has 0 aromatic carbocycles. The zero-order valence-corrected chi connectivity index (χ0v) is 11.0. The zero-order chi connectivity index (χ0) is 12.2. The number of esters is 1. The van der Waals surface area contributed by atoms with E-state index in [1.54, 1.807) is 0 Å². The largest absolute Gasteiger partial charge is 0.460 e. The van der Waals surface area contributed by atoms with Gasteiger partial charge in [-0.25, -0.2) is 0 Å². The summed E-state index contributed by atoms with van der Waals surface area (Å²) in [5, 5.41) is 0. The van der Waals surface area contributed by atoms with Gasteiger partial charge in [-0.3, -0.25) is 4.79 Å². The van der Waals surface area contributed by atoms with E-state index in [0.717, 1.165) is 12.8 Å². The molecule has 0 N–H and O–H groups in total. The van der Waals surface area contributed by atoms with Crippen molar-refractivity contribution in [1.29, 1.82) is 0 Å². The van der Waals surface area contributed by atoms with E-state index in [2.05, 4.69) is 13.0 Å². The lowest BCUT2D eigenvalue weighted by atomic mass is 9.87. The van der Waals surface area contributed by atoms with E-state index >= 15 is 0 Å². The van der Waals surface area contributed by atoms with Gasteiger partial charge in [0.1, 0.15) is 5.60 Å². The van der Waals surface area contributed by atoms with Gasteiger partial charge in [-0.05, 0) is 59.3 Å². The van der Waals surface area contributed by atoms with Crippen LogP contribution in [-0.2, 0) is 9.53 Å². The molecular weight excluding hydrogens is 200 g/mol. The van der Waals surface area contributed by atoms with Crippen LogP contribution in [0.25, 0.3) is 0 Å². The van der Waals surface area contributed by atoms with E-state index in [1.165, 1.54) is 18.4 Å². The molecule has 0 aromatic rings. The molecule has 0 heterocycles. The Bertz CT molecular complexity index is 271. The number of ether oxygens (including phenoxy) is 1. The van der Waals surface area contributed by atoms with Crippen molar-refractivity contribution < 1.29 is 9.53 Å². The van der Waals surface area contributed by atoms with Crippen LogP contribution >= 0.6 is 0 Å². The lowest BCUT2D eigenvalue weighted by molar-refractivity contribution is -0.155. The van der Waals surface area contributed by atoms with E-state index in [0.29, 0.717) is 12.3 Å². The van der Waals surface area contributed by atoms with E-state index in [4.69, 9.17) is 4.74 Å². The molecule has 1 atom stereocenters. The molecule has 1 aliphatic rings. The van der Waals surface area contributed by atoms with Crippen molar-refractivity contribution in [2.24, 2.45) is 5.92 Å². The molecule has 16 heavy (non-hydrogen) atoms. The van der Waals surface area contributed by atoms with Crippen molar-refractivity contribution in [2.75, 3.05) is 0 Å². The maximum Gasteiger partial charge on any atom is 0.306 e. The highest BCUT2D eigenvalue weighted by molar-refractivity contribution is 5.69. The molecule has 2 heteroatoms. The summed E-state index contributed by atoms with van der Waals surface area (Å²) in [5.41, 5.74) is 1.15. The van der Waals surface area contributed by atoms with Crippen molar-refractivity contribution in [2.45, 2.75) is 65.4 Å². The summed E-state index contributed by atoms with van der Waals surface area (Å²) in [6.45, 7) is 7.93. The maximum atomic E-state index is 11.5. The zero-order valence-electron chi connectivity index (χ0n) is 11.0. The predicted molar refractivity (Wildman–Crippen MR) is 66.2 cm³/mol. The average Bonchev–Trinajstić information content (AvgIpc) is 2.14. The second-order valence-corrected chi connectivity index (χ2v) is 5.82. The molecule has 0 saturated carbocycles. The fourth-order valence-corrected chi connectivity index (χ4v) is 2.00. The minimum Gasteiger partial charge on any atom is -0.460 e. The van der Waals surface area contributed by atoms with Gasteiger partial charge in [-0.2, -0.15) is 0 Å². The van der Waals surface area contributed by atoms with Crippen LogP contribution in [0, 0.1) is 5.92 Å². The molecule has 0 amide bonds. The summed E-state index contributed by atoms with van der Waals surface area (Å²) in [5.74, 6) is 0.620. The molecule has 2 nitrogen and oxygen atoms in total. The first-order chi connectivity index (χ1) is 7.37. The third-order valence-corrected chi connectivity index (χ3v) is 2.92. The van der Waals surface area contributed by atoms with Gasteiger partial charge in [0.25, 0.3) is 0 Å². The van der Waals surface area contributed by atoms with Crippen molar-refractivity contribution in [3.8, 4) is 0 Å². The van der Waals surface area contributed by atoms with Gasteiger partial charge in [0, 0.05) is 6.42 Å². The first kappa shape index (κ1) is 13.3. The lowest BCUT2D eigenvalue weighted by Gasteiger charge is -2.22. The fraction of sp³-hybridized carbons (Fsp3) is 0.786. The first-order valence-electron chi connectivity index (χ1n) is 6.24. The molecule has 0 spiro atoms. The van der Waals surface area contributed by atoms with Gasteiger partial charge in [0.05, 0.1) is 0 Å². The second-order valence-electron chi connectivity index (χ2n) is 5.82. The van der Waals surface area contributed by atoms with Crippen LogP contribution in [-0.4, -0.2) is 11.6 Å². The van der Waals surface area contributed by atoms with Gasteiger partial charge < -0.3 is 4.74 Å². The molecule has 0 radical (unpaired) electrons. The Labute approximate surface area is 99.1 Å². The van der Waals surface area contributed by atoms with Crippen molar-refractivity contribution in [3.63, 3.8) is 0 Å². The molecule has 0 bridgehead atoms. The highest BCUT2D eigenvalue weighted by Gasteiger charge is 2.18. The van der Waals surface area contributed by atoms with Gasteiger partial charge in [-0.1, -0.05) is 11.6 Å². The van der Waals surface area contributed by atoms with Crippen LogP contribution in [0.5, 0.6) is 0 Å². The maximum absolute atomic E-state index is 11.5. The molecular formula is C14H24O2. The number of allylic oxidation sites excluding steroid dienone is 2. The number of carbonyl (C=O) groups is 1. The Hall–Kier alpha value is -0.790. The lowest BCUT2D eigenvalue weighted by Crippen LogP contribution is -2.24. The summed E-state index contributed by atoms with van der Waals surface area (Å²) in [7, 11) is 0. The first-order valence-corrected chi connectivity index (χ1v) is 6.24. The normalized spacial score (nSPS) is 21.5. The van der Waals surface area contributed by atoms with E-state index in [9.17, 15) is 4.79 Å². The quantitative estimate of drug-likeness (QED) is 0.537. The summed E-state index contributed by atoms with van der Waals surface area (Å²) in [6.07, 6.45) is 7.40. The third-order valence-electron chi connectivity index (χ3n) is 2.92. The monoisotopic (exact) mass is 224 g/mol. The van der Waals surface area contributed by atoms with Crippen LogP contribution in [0.3, 0.4) is 0 Å². The number of rotatable bonds is 3. The van der Waals surface area contributed by atoms with Crippen LogP contribution in [0.2, 0.25) is 0 Å². The van der Waals surface area contributed by atoms with Crippen molar-refractivity contribution in [3.05, 3.63) is 11.6 Å². The van der Waals surface area contributed by atoms with Crippen molar-refractivity contribution >= 4 is 5.97 Å². The number of hydrogen-bond acceptors (Lipinski definition) is 2. The Balaban J connectivity index is 2.23. The summed E-state index contributed by atoms with van der Waals surface area (Å²) >= 11 is 0. The standard InChI is InChI=1S/C14H24O2/c1-11-5-7-12(8-6-11)9-10-13(15)16-14(2,3)4/h5,12H,6-10H2,1-4H3. The molecule has 0 saturated heterocycles. The SMILES string of the molecule is CC1=CCC(CCC(=O)OC(C)(C)C)CC1. The molecule has 1 aliphatic carbocycles. The number of hydrogen-bond donors (Lipinski definition) is 0. The van der Waals surface area contributed by atoms with Gasteiger partial charge >= 0.3 is 5.97 Å². The Morgan fingerprint density at radius 1 is 1.50 bits per heavy atom. The van der Waals surface area contributed by atoms with Crippen molar-refractivity contribution in [1.82, 2.24) is 0 Å². The molecule has 0 aromatic heterocycles. The second kappa shape index (κ2) is 5.51. The van der Waals surface area contributed by atoms with Crippen LogP contribution in [0.15, 0.2) is 11.6 Å². The molecule has 0 aliphatic heterocycles. The topological polar surface area (TPSA) is 26.3 Å². The third kappa shape index (κ3) is 5.34. The van der Waals surface area contributed by atoms with Gasteiger partial charge in [0.2, 0.25) is 0 Å². The molecule has 92 valence electrons. The van der Waals surface area contributed by atoms with E-state index in [-0.39, 0.29) is 11.6 Å². The Kier molecular flexibility index (Phi) is 4.57. The summed E-state index contributed by atoms with van der Waals surface area (Å²) in [6, 6.07) is 0. The molecule has 1 unspecified atom stereocenters. The Morgan fingerprint density at radius 3 is 2.69 bits per heavy atom. The van der Waals surface area contributed by atoms with E-state index in [1.807, 2.05) is 20.8 Å². The Morgan fingerprint density at radius 2 is 2.19 bits per heavy atom.